The lowest BCUT2D eigenvalue weighted by Crippen LogP contribution is -2.20. The fraction of sp³-hybridized carbons (Fsp3) is 0.200. The van der Waals surface area contributed by atoms with Crippen molar-refractivity contribution in [2.45, 2.75) is 13.0 Å². The number of carbonyl (C=O) groups is 2. The molecule has 4 N–H and O–H groups in total. The van der Waals surface area contributed by atoms with Crippen LogP contribution in [-0.4, -0.2) is 57.1 Å². The lowest BCUT2D eigenvalue weighted by atomic mass is 9.96. The Hall–Kier alpha value is -4.04. The Morgan fingerprint density at radius 1 is 0.909 bits per heavy atom. The van der Waals surface area contributed by atoms with Gasteiger partial charge in [-0.05, 0) is 63.5 Å². The van der Waals surface area contributed by atoms with Gasteiger partial charge in [0.1, 0.15) is 11.5 Å². The van der Waals surface area contributed by atoms with E-state index in [0.29, 0.717) is 33.8 Å². The second-order valence-corrected chi connectivity index (χ2v) is 8.87. The number of aromatic hydroxyl groups is 2. The number of hydrogen-bond donors (Lipinski definition) is 4. The number of aromatic nitrogens is 2. The van der Waals surface area contributed by atoms with Crippen LogP contribution in [-0.2, 0) is 6.54 Å². The Balaban J connectivity index is 1.85. The molecule has 0 saturated carbocycles. The minimum Gasteiger partial charge on any atom is -0.508 e. The number of amides is 2. The SMILES string of the molecule is CN(C)CCCn1c2ccc(O)cc2c2c3c(c4c5cc(O)ccc5[nH]c4c21)C(=O)NC3=O. The highest BCUT2D eigenvalue weighted by Crippen LogP contribution is 2.44. The average Bonchev–Trinajstić information content (AvgIpc) is 3.37. The van der Waals surface area contributed by atoms with Gasteiger partial charge in [0.05, 0.1) is 22.2 Å². The molecule has 0 atom stereocenters. The molecule has 6 rings (SSSR count). The quantitative estimate of drug-likeness (QED) is 0.318. The number of imide groups is 1. The number of rotatable bonds is 4. The number of carbonyl (C=O) groups excluding carboxylic acids is 2. The molecule has 0 aliphatic carbocycles. The number of fused-ring (bicyclic) bond motifs is 10. The standard InChI is InChI=1S/C25H22N4O4/c1-28(2)8-3-9-29-17-7-5-13(31)11-15(17)19-21-20(24(32)27-25(21)33)18-14-10-12(30)4-6-16(14)26-22(18)23(19)29/h4-7,10-11,26,30-31H,3,8-9H2,1-2H3,(H,27,32,33). The summed E-state index contributed by atoms with van der Waals surface area (Å²) < 4.78 is 2.15. The number of nitrogens with zero attached hydrogens (tertiary/aromatic N) is 2. The van der Waals surface area contributed by atoms with Gasteiger partial charge >= 0.3 is 0 Å². The van der Waals surface area contributed by atoms with Gasteiger partial charge in [0.15, 0.2) is 0 Å². The molecule has 5 aromatic rings. The van der Waals surface area contributed by atoms with Crippen LogP contribution in [0.25, 0.3) is 43.6 Å². The number of benzene rings is 3. The Bertz CT molecular complexity index is 1660. The maximum atomic E-state index is 13.0. The van der Waals surface area contributed by atoms with E-state index in [1.165, 1.54) is 0 Å². The van der Waals surface area contributed by atoms with Crippen LogP contribution < -0.4 is 5.32 Å². The van der Waals surface area contributed by atoms with Crippen molar-refractivity contribution in [2.75, 3.05) is 20.6 Å². The highest BCUT2D eigenvalue weighted by Gasteiger charge is 2.35. The van der Waals surface area contributed by atoms with E-state index in [-0.39, 0.29) is 11.5 Å². The first kappa shape index (κ1) is 19.6. The molecule has 1 aliphatic rings. The summed E-state index contributed by atoms with van der Waals surface area (Å²) in [5.74, 6) is -0.736. The summed E-state index contributed by atoms with van der Waals surface area (Å²) >= 11 is 0. The molecule has 0 fully saturated rings. The summed E-state index contributed by atoms with van der Waals surface area (Å²) in [6.45, 7) is 1.57. The van der Waals surface area contributed by atoms with Crippen molar-refractivity contribution in [3.05, 3.63) is 47.5 Å². The van der Waals surface area contributed by atoms with Crippen molar-refractivity contribution < 1.29 is 19.8 Å². The van der Waals surface area contributed by atoms with Gasteiger partial charge in [-0.3, -0.25) is 14.9 Å². The minimum absolute atomic E-state index is 0.0819. The van der Waals surface area contributed by atoms with Crippen molar-refractivity contribution in [2.24, 2.45) is 0 Å². The van der Waals surface area contributed by atoms with Crippen LogP contribution in [0.2, 0.25) is 0 Å². The molecule has 1 aliphatic heterocycles. The van der Waals surface area contributed by atoms with Crippen LogP contribution in [0.4, 0.5) is 0 Å². The van der Waals surface area contributed by atoms with Gasteiger partial charge in [-0.2, -0.15) is 0 Å². The molecule has 0 radical (unpaired) electrons. The summed E-state index contributed by atoms with van der Waals surface area (Å²) in [7, 11) is 4.05. The highest BCUT2D eigenvalue weighted by atomic mass is 16.3. The summed E-state index contributed by atoms with van der Waals surface area (Å²) in [5, 5.41) is 25.5. The largest absolute Gasteiger partial charge is 0.508 e. The van der Waals surface area contributed by atoms with E-state index in [0.717, 1.165) is 40.4 Å². The first-order valence-electron chi connectivity index (χ1n) is 10.8. The van der Waals surface area contributed by atoms with Gasteiger partial charge in [0, 0.05) is 39.1 Å². The zero-order chi connectivity index (χ0) is 23.0. The molecule has 166 valence electrons. The van der Waals surface area contributed by atoms with E-state index in [1.807, 2.05) is 20.2 Å². The zero-order valence-corrected chi connectivity index (χ0v) is 18.2. The third-order valence-corrected chi connectivity index (χ3v) is 6.48. The number of aromatic amines is 1. The molecular formula is C25H22N4O4. The molecule has 8 nitrogen and oxygen atoms in total. The number of nitrogens with one attached hydrogen (secondary N) is 2. The molecule has 3 heterocycles. The predicted molar refractivity (Wildman–Crippen MR) is 127 cm³/mol. The van der Waals surface area contributed by atoms with E-state index in [2.05, 4.69) is 19.8 Å². The van der Waals surface area contributed by atoms with E-state index < -0.39 is 11.8 Å². The fourth-order valence-corrected chi connectivity index (χ4v) is 5.18. The molecule has 33 heavy (non-hydrogen) atoms. The highest BCUT2D eigenvalue weighted by molar-refractivity contribution is 6.39. The van der Waals surface area contributed by atoms with E-state index >= 15 is 0 Å². The Morgan fingerprint density at radius 3 is 2.30 bits per heavy atom. The topological polar surface area (TPSA) is 111 Å². The summed E-state index contributed by atoms with van der Waals surface area (Å²) in [5.41, 5.74) is 3.80. The van der Waals surface area contributed by atoms with Gasteiger partial charge in [0.25, 0.3) is 11.8 Å². The number of aryl methyl sites for hydroxylation is 1. The fourth-order valence-electron chi connectivity index (χ4n) is 5.18. The predicted octanol–water partition coefficient (Wildman–Crippen LogP) is 3.68. The third-order valence-electron chi connectivity index (χ3n) is 6.48. The van der Waals surface area contributed by atoms with Crippen LogP contribution in [0.15, 0.2) is 36.4 Å². The average molecular weight is 442 g/mol. The van der Waals surface area contributed by atoms with Gasteiger partial charge in [-0.25, -0.2) is 0 Å². The molecule has 3 aromatic carbocycles. The lowest BCUT2D eigenvalue weighted by Gasteiger charge is -2.12. The number of phenolic OH excluding ortho intramolecular Hbond substituents is 2. The van der Waals surface area contributed by atoms with Gasteiger partial charge in [-0.1, -0.05) is 0 Å². The van der Waals surface area contributed by atoms with Crippen LogP contribution in [0, 0.1) is 0 Å². The van der Waals surface area contributed by atoms with E-state index in [4.69, 9.17) is 0 Å². The normalized spacial score (nSPS) is 13.8. The Morgan fingerprint density at radius 2 is 1.58 bits per heavy atom. The van der Waals surface area contributed by atoms with Gasteiger partial charge in [-0.15, -0.1) is 0 Å². The lowest BCUT2D eigenvalue weighted by molar-refractivity contribution is 0.0880. The van der Waals surface area contributed by atoms with Crippen LogP contribution >= 0.6 is 0 Å². The van der Waals surface area contributed by atoms with Crippen LogP contribution in [0.3, 0.4) is 0 Å². The molecule has 2 aromatic heterocycles. The number of hydrogen-bond acceptors (Lipinski definition) is 5. The minimum atomic E-state index is -0.459. The Kier molecular flexibility index (Phi) is 4.00. The number of phenols is 2. The molecule has 0 saturated heterocycles. The molecule has 0 spiro atoms. The second kappa shape index (κ2) is 6.73. The van der Waals surface area contributed by atoms with Crippen LogP contribution in [0.5, 0.6) is 11.5 Å². The van der Waals surface area contributed by atoms with Crippen molar-refractivity contribution in [3.63, 3.8) is 0 Å². The summed E-state index contributed by atoms with van der Waals surface area (Å²) in [6.07, 6.45) is 0.872. The third kappa shape index (κ3) is 2.67. The monoisotopic (exact) mass is 442 g/mol. The van der Waals surface area contributed by atoms with E-state index in [1.54, 1.807) is 30.3 Å². The maximum Gasteiger partial charge on any atom is 0.259 e. The molecule has 2 amide bonds. The van der Waals surface area contributed by atoms with E-state index in [9.17, 15) is 19.8 Å². The van der Waals surface area contributed by atoms with Gasteiger partial charge in [0.2, 0.25) is 0 Å². The van der Waals surface area contributed by atoms with Crippen molar-refractivity contribution in [1.82, 2.24) is 19.8 Å². The van der Waals surface area contributed by atoms with Gasteiger partial charge < -0.3 is 24.7 Å². The summed E-state index contributed by atoms with van der Waals surface area (Å²) in [6, 6.07) is 10.1. The second-order valence-electron chi connectivity index (χ2n) is 8.87. The number of H-pyrrole nitrogens is 1. The first-order valence-corrected chi connectivity index (χ1v) is 10.8. The van der Waals surface area contributed by atoms with Crippen molar-refractivity contribution in [1.29, 1.82) is 0 Å². The Labute approximate surface area is 188 Å². The van der Waals surface area contributed by atoms with Crippen molar-refractivity contribution >= 4 is 55.4 Å². The summed E-state index contributed by atoms with van der Waals surface area (Å²) in [4.78, 5) is 31.5. The maximum absolute atomic E-state index is 13.0. The zero-order valence-electron chi connectivity index (χ0n) is 18.2. The molecule has 0 unspecified atom stereocenters. The molecular weight excluding hydrogens is 420 g/mol. The molecule has 0 bridgehead atoms. The first-order chi connectivity index (χ1) is 15.8. The van der Waals surface area contributed by atoms with Crippen molar-refractivity contribution in [3.8, 4) is 11.5 Å². The van der Waals surface area contributed by atoms with Crippen LogP contribution in [0.1, 0.15) is 27.1 Å². The molecule has 8 heteroatoms. The smallest absolute Gasteiger partial charge is 0.259 e.